The summed E-state index contributed by atoms with van der Waals surface area (Å²) in [5.74, 6) is 1.00. The van der Waals surface area contributed by atoms with Crippen LogP contribution in [0.4, 0.5) is 0 Å². The summed E-state index contributed by atoms with van der Waals surface area (Å²) in [5, 5.41) is 4.21. The Bertz CT molecular complexity index is 499. The molecule has 0 saturated carbocycles. The minimum Gasteiger partial charge on any atom is -0.483 e. The fourth-order valence-electron chi connectivity index (χ4n) is 2.05. The maximum Gasteiger partial charge on any atom is 0.154 e. The first-order valence-electron chi connectivity index (χ1n) is 5.70. The fourth-order valence-corrected chi connectivity index (χ4v) is 3.01. The van der Waals surface area contributed by atoms with Gasteiger partial charge in [0.15, 0.2) is 6.10 Å². The Morgan fingerprint density at radius 1 is 1.47 bits per heavy atom. The predicted molar refractivity (Wildman–Crippen MR) is 68.4 cm³/mol. The Balaban J connectivity index is 1.79. The third-order valence-corrected chi connectivity index (χ3v) is 3.93. The van der Waals surface area contributed by atoms with Crippen molar-refractivity contribution in [1.29, 1.82) is 0 Å². The zero-order valence-electron chi connectivity index (χ0n) is 9.64. The SMILES string of the molecule is CNCc1cnc(C2Cc3ccccc3O2)s1. The van der Waals surface area contributed by atoms with Gasteiger partial charge in [-0.05, 0) is 18.7 Å². The minimum atomic E-state index is 0.100. The molecule has 1 aromatic heterocycles. The monoisotopic (exact) mass is 246 g/mol. The smallest absolute Gasteiger partial charge is 0.154 e. The molecule has 4 heteroatoms. The average Bonchev–Trinajstić information content (AvgIpc) is 2.94. The van der Waals surface area contributed by atoms with Crippen LogP contribution in [0.2, 0.25) is 0 Å². The van der Waals surface area contributed by atoms with Gasteiger partial charge < -0.3 is 10.1 Å². The van der Waals surface area contributed by atoms with Gasteiger partial charge in [0.1, 0.15) is 10.8 Å². The second-order valence-electron chi connectivity index (χ2n) is 4.11. The van der Waals surface area contributed by atoms with Gasteiger partial charge in [0.25, 0.3) is 0 Å². The molecule has 0 saturated heterocycles. The van der Waals surface area contributed by atoms with Crippen LogP contribution in [0.1, 0.15) is 21.6 Å². The number of para-hydroxylation sites is 1. The van der Waals surface area contributed by atoms with Gasteiger partial charge in [-0.25, -0.2) is 4.98 Å². The van der Waals surface area contributed by atoms with Crippen molar-refractivity contribution in [1.82, 2.24) is 10.3 Å². The molecule has 0 radical (unpaired) electrons. The Morgan fingerprint density at radius 3 is 3.18 bits per heavy atom. The Morgan fingerprint density at radius 2 is 2.35 bits per heavy atom. The highest BCUT2D eigenvalue weighted by Gasteiger charge is 2.26. The summed E-state index contributed by atoms with van der Waals surface area (Å²) < 4.78 is 5.91. The van der Waals surface area contributed by atoms with Gasteiger partial charge in [0.2, 0.25) is 0 Å². The number of hydrogen-bond acceptors (Lipinski definition) is 4. The molecule has 3 nitrogen and oxygen atoms in total. The number of benzene rings is 1. The van der Waals surface area contributed by atoms with Crippen LogP contribution in [-0.2, 0) is 13.0 Å². The summed E-state index contributed by atoms with van der Waals surface area (Å²) >= 11 is 1.73. The van der Waals surface area contributed by atoms with Gasteiger partial charge >= 0.3 is 0 Å². The van der Waals surface area contributed by atoms with Crippen LogP contribution in [0.25, 0.3) is 0 Å². The number of hydrogen-bond donors (Lipinski definition) is 1. The van der Waals surface area contributed by atoms with Gasteiger partial charge in [0, 0.05) is 24.0 Å². The van der Waals surface area contributed by atoms with Crippen LogP contribution < -0.4 is 10.1 Å². The molecule has 88 valence electrons. The first kappa shape index (κ1) is 10.7. The lowest BCUT2D eigenvalue weighted by Gasteiger charge is -2.06. The van der Waals surface area contributed by atoms with Crippen molar-refractivity contribution in [3.8, 4) is 5.75 Å². The molecule has 0 amide bonds. The number of fused-ring (bicyclic) bond motifs is 1. The van der Waals surface area contributed by atoms with Crippen molar-refractivity contribution in [3.05, 3.63) is 45.9 Å². The van der Waals surface area contributed by atoms with Crippen LogP contribution in [0.5, 0.6) is 5.75 Å². The third-order valence-electron chi connectivity index (χ3n) is 2.85. The topological polar surface area (TPSA) is 34.2 Å². The van der Waals surface area contributed by atoms with E-state index in [1.165, 1.54) is 10.4 Å². The van der Waals surface area contributed by atoms with Crippen molar-refractivity contribution < 1.29 is 4.74 Å². The highest BCUT2D eigenvalue weighted by molar-refractivity contribution is 7.11. The lowest BCUT2D eigenvalue weighted by atomic mass is 10.1. The van der Waals surface area contributed by atoms with Gasteiger partial charge in [0.05, 0.1) is 0 Å². The molecular formula is C13H14N2OS. The zero-order chi connectivity index (χ0) is 11.7. The second kappa shape index (κ2) is 4.47. The van der Waals surface area contributed by atoms with Crippen LogP contribution in [0.15, 0.2) is 30.5 Å². The summed E-state index contributed by atoms with van der Waals surface area (Å²) in [6.07, 6.45) is 2.97. The highest BCUT2D eigenvalue weighted by Crippen LogP contribution is 2.37. The van der Waals surface area contributed by atoms with Crippen molar-refractivity contribution >= 4 is 11.3 Å². The number of nitrogens with one attached hydrogen (secondary N) is 1. The Labute approximate surface area is 104 Å². The quantitative estimate of drug-likeness (QED) is 0.903. The first-order chi connectivity index (χ1) is 8.36. The molecule has 1 aliphatic heterocycles. The third kappa shape index (κ3) is 2.06. The standard InChI is InChI=1S/C13H14N2OS/c1-14-7-10-8-15-13(17-10)12-6-9-4-2-3-5-11(9)16-12/h2-5,8,12,14H,6-7H2,1H3. The predicted octanol–water partition coefficient (Wildman–Crippen LogP) is 2.54. The zero-order valence-corrected chi connectivity index (χ0v) is 10.5. The van der Waals surface area contributed by atoms with Gasteiger partial charge in [-0.15, -0.1) is 11.3 Å². The number of aromatic nitrogens is 1. The molecule has 0 bridgehead atoms. The number of nitrogens with zero attached hydrogens (tertiary/aromatic N) is 1. The number of rotatable bonds is 3. The van der Waals surface area contributed by atoms with E-state index < -0.39 is 0 Å². The average molecular weight is 246 g/mol. The lowest BCUT2D eigenvalue weighted by Crippen LogP contribution is -2.03. The van der Waals surface area contributed by atoms with E-state index in [0.29, 0.717) is 0 Å². The summed E-state index contributed by atoms with van der Waals surface area (Å²) in [6.45, 7) is 0.872. The van der Waals surface area contributed by atoms with Crippen molar-refractivity contribution in [2.45, 2.75) is 19.1 Å². The van der Waals surface area contributed by atoms with Crippen LogP contribution in [-0.4, -0.2) is 12.0 Å². The molecule has 1 unspecified atom stereocenters. The molecule has 0 fully saturated rings. The van der Waals surface area contributed by atoms with E-state index in [1.54, 1.807) is 11.3 Å². The van der Waals surface area contributed by atoms with Crippen LogP contribution in [0, 0.1) is 0 Å². The first-order valence-corrected chi connectivity index (χ1v) is 6.52. The van der Waals surface area contributed by atoms with Crippen molar-refractivity contribution in [2.24, 2.45) is 0 Å². The van der Waals surface area contributed by atoms with Crippen molar-refractivity contribution in [3.63, 3.8) is 0 Å². The Kier molecular flexibility index (Phi) is 2.82. The van der Waals surface area contributed by atoms with E-state index in [2.05, 4.69) is 22.4 Å². The molecule has 2 aromatic rings. The van der Waals surface area contributed by atoms with Gasteiger partial charge in [-0.3, -0.25) is 0 Å². The van der Waals surface area contributed by atoms with E-state index in [-0.39, 0.29) is 6.10 Å². The Hall–Kier alpha value is -1.39. The molecule has 2 heterocycles. The molecule has 1 aromatic carbocycles. The maximum absolute atomic E-state index is 5.91. The summed E-state index contributed by atoms with van der Waals surface area (Å²) in [5.41, 5.74) is 1.28. The van der Waals surface area contributed by atoms with E-state index in [0.717, 1.165) is 23.7 Å². The number of thiazole rings is 1. The van der Waals surface area contributed by atoms with E-state index in [4.69, 9.17) is 4.74 Å². The largest absolute Gasteiger partial charge is 0.483 e. The second-order valence-corrected chi connectivity index (χ2v) is 5.26. The van der Waals surface area contributed by atoms with Gasteiger partial charge in [-0.1, -0.05) is 18.2 Å². The van der Waals surface area contributed by atoms with Gasteiger partial charge in [-0.2, -0.15) is 0 Å². The molecule has 1 N–H and O–H groups in total. The van der Waals surface area contributed by atoms with E-state index in [1.807, 2.05) is 25.4 Å². The fraction of sp³-hybridized carbons (Fsp3) is 0.308. The summed E-state index contributed by atoms with van der Waals surface area (Å²) in [6, 6.07) is 8.21. The normalized spacial score (nSPS) is 17.8. The lowest BCUT2D eigenvalue weighted by molar-refractivity contribution is 0.238. The van der Waals surface area contributed by atoms with Crippen molar-refractivity contribution in [2.75, 3.05) is 7.05 Å². The van der Waals surface area contributed by atoms with Crippen LogP contribution in [0.3, 0.4) is 0 Å². The van der Waals surface area contributed by atoms with Crippen LogP contribution >= 0.6 is 11.3 Å². The molecular weight excluding hydrogens is 232 g/mol. The highest BCUT2D eigenvalue weighted by atomic mass is 32.1. The molecule has 0 aliphatic carbocycles. The molecule has 17 heavy (non-hydrogen) atoms. The molecule has 0 spiro atoms. The summed E-state index contributed by atoms with van der Waals surface area (Å²) in [4.78, 5) is 5.71. The summed E-state index contributed by atoms with van der Waals surface area (Å²) in [7, 11) is 1.95. The maximum atomic E-state index is 5.91. The number of ether oxygens (including phenoxy) is 1. The minimum absolute atomic E-state index is 0.100. The molecule has 1 aliphatic rings. The molecule has 1 atom stereocenters. The van der Waals surface area contributed by atoms with E-state index >= 15 is 0 Å². The van der Waals surface area contributed by atoms with E-state index in [9.17, 15) is 0 Å². The molecule has 3 rings (SSSR count).